The fourth-order valence-corrected chi connectivity index (χ4v) is 3.24. The van der Waals surface area contributed by atoms with Crippen LogP contribution >= 0.6 is 11.3 Å². The maximum absolute atomic E-state index is 9.18. The Bertz CT molecular complexity index is 313. The van der Waals surface area contributed by atoms with E-state index in [1.165, 1.54) is 5.56 Å². The van der Waals surface area contributed by atoms with Crippen LogP contribution in [0.25, 0.3) is 0 Å². The minimum absolute atomic E-state index is 0.132. The highest BCUT2D eigenvalue weighted by Crippen LogP contribution is 2.30. The third kappa shape index (κ3) is 2.46. The Morgan fingerprint density at radius 2 is 2.50 bits per heavy atom. The molecule has 0 radical (unpaired) electrons. The highest BCUT2D eigenvalue weighted by atomic mass is 32.1. The van der Waals surface area contributed by atoms with Crippen molar-refractivity contribution in [3.05, 3.63) is 22.4 Å². The molecule has 1 aliphatic rings. The van der Waals surface area contributed by atoms with Crippen LogP contribution in [0.1, 0.15) is 24.9 Å². The van der Waals surface area contributed by atoms with E-state index in [1.807, 2.05) is 0 Å². The third-order valence-corrected chi connectivity index (χ3v) is 4.05. The van der Waals surface area contributed by atoms with Gasteiger partial charge in [-0.3, -0.25) is 4.90 Å². The second-order valence-electron chi connectivity index (χ2n) is 4.69. The number of nitrogens with zero attached hydrogens (tertiary/aromatic N) is 1. The Morgan fingerprint density at radius 1 is 1.69 bits per heavy atom. The first kappa shape index (κ1) is 12.0. The van der Waals surface area contributed by atoms with Crippen molar-refractivity contribution in [1.29, 1.82) is 0 Å². The topological polar surface area (TPSA) is 49.5 Å². The molecule has 2 heterocycles. The van der Waals surface area contributed by atoms with Gasteiger partial charge in [0.1, 0.15) is 0 Å². The summed E-state index contributed by atoms with van der Waals surface area (Å²) in [4.78, 5) is 2.41. The molecular formula is C12H20N2OS. The van der Waals surface area contributed by atoms with Crippen LogP contribution in [0.3, 0.4) is 0 Å². The maximum atomic E-state index is 9.18. The van der Waals surface area contributed by atoms with Crippen LogP contribution in [0.15, 0.2) is 16.8 Å². The van der Waals surface area contributed by atoms with Crippen LogP contribution in [-0.2, 0) is 0 Å². The third-order valence-electron chi connectivity index (χ3n) is 3.35. The van der Waals surface area contributed by atoms with Gasteiger partial charge in [-0.2, -0.15) is 11.3 Å². The number of rotatable bonds is 4. The van der Waals surface area contributed by atoms with Gasteiger partial charge >= 0.3 is 0 Å². The monoisotopic (exact) mass is 240 g/mol. The number of hydrogen-bond donors (Lipinski definition) is 2. The van der Waals surface area contributed by atoms with Gasteiger partial charge in [-0.25, -0.2) is 0 Å². The van der Waals surface area contributed by atoms with E-state index in [4.69, 9.17) is 5.73 Å². The molecule has 1 fully saturated rings. The number of likely N-dealkylation sites (tertiary alicyclic amines) is 1. The molecule has 4 heteroatoms. The van der Waals surface area contributed by atoms with Crippen molar-refractivity contribution < 1.29 is 5.11 Å². The normalized spacial score (nSPS) is 25.8. The van der Waals surface area contributed by atoms with Gasteiger partial charge in [-0.1, -0.05) is 0 Å². The first-order valence-corrected chi connectivity index (χ1v) is 6.79. The molecule has 0 spiro atoms. The molecule has 90 valence electrons. The van der Waals surface area contributed by atoms with Crippen LogP contribution < -0.4 is 5.73 Å². The predicted octanol–water partition coefficient (Wildman–Crippen LogP) is 1.45. The van der Waals surface area contributed by atoms with E-state index in [9.17, 15) is 5.11 Å². The largest absolute Gasteiger partial charge is 0.396 e. The second kappa shape index (κ2) is 5.27. The van der Waals surface area contributed by atoms with Gasteiger partial charge in [0.05, 0.1) is 6.04 Å². The Hall–Kier alpha value is -0.420. The fourth-order valence-electron chi connectivity index (χ4n) is 2.55. The molecule has 1 aliphatic heterocycles. The summed E-state index contributed by atoms with van der Waals surface area (Å²) in [6.45, 7) is 4.38. The molecule has 3 unspecified atom stereocenters. The molecule has 2 rings (SSSR count). The van der Waals surface area contributed by atoms with Gasteiger partial charge in [0.25, 0.3) is 0 Å². The highest BCUT2D eigenvalue weighted by Gasteiger charge is 2.30. The number of thiophene rings is 1. The zero-order valence-electron chi connectivity index (χ0n) is 9.67. The quantitative estimate of drug-likeness (QED) is 0.837. The van der Waals surface area contributed by atoms with Crippen LogP contribution in [0, 0.1) is 5.92 Å². The lowest BCUT2D eigenvalue weighted by Crippen LogP contribution is -2.38. The minimum Gasteiger partial charge on any atom is -0.396 e. The molecule has 3 nitrogen and oxygen atoms in total. The van der Waals surface area contributed by atoms with Crippen molar-refractivity contribution in [3.63, 3.8) is 0 Å². The van der Waals surface area contributed by atoms with Gasteiger partial charge in [0.2, 0.25) is 0 Å². The zero-order valence-corrected chi connectivity index (χ0v) is 10.5. The van der Waals surface area contributed by atoms with Crippen molar-refractivity contribution >= 4 is 11.3 Å². The van der Waals surface area contributed by atoms with Crippen molar-refractivity contribution in [2.45, 2.75) is 25.4 Å². The summed E-state index contributed by atoms with van der Waals surface area (Å²) in [6.07, 6.45) is 1.09. The summed E-state index contributed by atoms with van der Waals surface area (Å²) in [5.74, 6) is 0.430. The molecule has 0 aliphatic carbocycles. The lowest BCUT2D eigenvalue weighted by atomic mass is 10.0. The lowest BCUT2D eigenvalue weighted by molar-refractivity contribution is 0.185. The fraction of sp³-hybridized carbons (Fsp3) is 0.667. The Balaban J connectivity index is 2.09. The van der Waals surface area contributed by atoms with E-state index >= 15 is 0 Å². The average molecular weight is 240 g/mol. The second-order valence-corrected chi connectivity index (χ2v) is 5.47. The Labute approximate surface area is 101 Å². The van der Waals surface area contributed by atoms with E-state index in [-0.39, 0.29) is 6.04 Å². The molecule has 0 amide bonds. The molecule has 16 heavy (non-hydrogen) atoms. The van der Waals surface area contributed by atoms with Crippen LogP contribution in [0.2, 0.25) is 0 Å². The number of hydrogen-bond acceptors (Lipinski definition) is 4. The molecule has 0 bridgehead atoms. The number of aliphatic hydroxyl groups is 1. The summed E-state index contributed by atoms with van der Waals surface area (Å²) in [5, 5.41) is 13.5. The summed E-state index contributed by atoms with van der Waals surface area (Å²) in [5.41, 5.74) is 7.41. The van der Waals surface area contributed by atoms with E-state index in [1.54, 1.807) is 11.3 Å². The van der Waals surface area contributed by atoms with Crippen molar-refractivity contribution in [1.82, 2.24) is 4.90 Å². The zero-order chi connectivity index (χ0) is 11.5. The molecule has 3 N–H and O–H groups in total. The van der Waals surface area contributed by atoms with Gasteiger partial charge in [0.15, 0.2) is 0 Å². The van der Waals surface area contributed by atoms with Crippen LogP contribution in [0.5, 0.6) is 0 Å². The summed E-state index contributed by atoms with van der Waals surface area (Å²) in [6, 6.07) is 2.60. The molecule has 1 aromatic heterocycles. The Kier molecular flexibility index (Phi) is 3.97. The van der Waals surface area contributed by atoms with E-state index in [2.05, 4.69) is 28.7 Å². The number of nitrogens with two attached hydrogens (primary N) is 1. The van der Waals surface area contributed by atoms with E-state index < -0.39 is 0 Å². The molecule has 0 aromatic carbocycles. The first-order chi connectivity index (χ1) is 7.72. The standard InChI is InChI=1S/C12H20N2OS/c1-9(13)12(11-3-5-16-8-11)14-4-2-10(6-14)7-15/h3,5,8-10,12,15H,2,4,6-7,13H2,1H3. The highest BCUT2D eigenvalue weighted by molar-refractivity contribution is 7.07. The molecular weight excluding hydrogens is 220 g/mol. The molecule has 0 saturated carbocycles. The van der Waals surface area contributed by atoms with Gasteiger partial charge in [0, 0.05) is 19.2 Å². The first-order valence-electron chi connectivity index (χ1n) is 5.85. The Morgan fingerprint density at radius 3 is 3.00 bits per heavy atom. The summed E-state index contributed by atoms with van der Waals surface area (Å²) < 4.78 is 0. The average Bonchev–Trinajstić information content (AvgIpc) is 2.88. The van der Waals surface area contributed by atoms with E-state index in [0.29, 0.717) is 18.6 Å². The molecule has 3 atom stereocenters. The minimum atomic E-state index is 0.132. The van der Waals surface area contributed by atoms with Crippen molar-refractivity contribution in [2.24, 2.45) is 11.7 Å². The van der Waals surface area contributed by atoms with E-state index in [0.717, 1.165) is 19.5 Å². The van der Waals surface area contributed by atoms with Crippen LogP contribution in [-0.4, -0.2) is 35.7 Å². The van der Waals surface area contributed by atoms with Gasteiger partial charge < -0.3 is 10.8 Å². The lowest BCUT2D eigenvalue weighted by Gasteiger charge is -2.30. The predicted molar refractivity (Wildman–Crippen MR) is 67.5 cm³/mol. The SMILES string of the molecule is CC(N)C(c1ccsc1)N1CCC(CO)C1. The van der Waals surface area contributed by atoms with Gasteiger partial charge in [-0.05, 0) is 48.2 Å². The van der Waals surface area contributed by atoms with Crippen LogP contribution in [0.4, 0.5) is 0 Å². The smallest absolute Gasteiger partial charge is 0.0504 e. The van der Waals surface area contributed by atoms with Gasteiger partial charge in [-0.15, -0.1) is 0 Å². The van der Waals surface area contributed by atoms with Crippen molar-refractivity contribution in [2.75, 3.05) is 19.7 Å². The summed E-state index contributed by atoms with van der Waals surface area (Å²) >= 11 is 1.72. The molecule has 1 saturated heterocycles. The van der Waals surface area contributed by atoms with Crippen molar-refractivity contribution in [3.8, 4) is 0 Å². The molecule has 1 aromatic rings. The number of aliphatic hydroxyl groups excluding tert-OH is 1. The maximum Gasteiger partial charge on any atom is 0.0504 e. The summed E-state index contributed by atoms with van der Waals surface area (Å²) in [7, 11) is 0.